The standard InChI is InChI=1S/C24H29Cl2N3O2/c1-15(2)21(28-22(30)17-7-10-20(26)27-13-17)23(31)29-12-11-19(24(3,4)14-29)16-5-8-18(25)9-6-16/h5-10,13,15,19,21H,11-12,14H2,1-4H3,(H,28,30). The van der Waals surface area contributed by atoms with Gasteiger partial charge in [0.25, 0.3) is 5.91 Å². The number of pyridine rings is 1. The normalized spacial score (nSPS) is 19.2. The lowest BCUT2D eigenvalue weighted by Gasteiger charge is -2.45. The number of likely N-dealkylation sites (tertiary alicyclic amines) is 1. The van der Waals surface area contributed by atoms with E-state index >= 15 is 0 Å². The Kier molecular flexibility index (Phi) is 7.28. The van der Waals surface area contributed by atoms with E-state index < -0.39 is 6.04 Å². The summed E-state index contributed by atoms with van der Waals surface area (Å²) >= 11 is 11.9. The number of rotatable bonds is 5. The Hall–Kier alpha value is -2.11. The third-order valence-electron chi connectivity index (χ3n) is 6.02. The summed E-state index contributed by atoms with van der Waals surface area (Å²) in [6.07, 6.45) is 2.28. The predicted octanol–water partition coefficient (Wildman–Crippen LogP) is 5.19. The van der Waals surface area contributed by atoms with Crippen molar-refractivity contribution in [2.75, 3.05) is 13.1 Å². The molecular formula is C24H29Cl2N3O2. The summed E-state index contributed by atoms with van der Waals surface area (Å²) in [5.74, 6) is -0.0886. The van der Waals surface area contributed by atoms with Crippen LogP contribution in [0.3, 0.4) is 0 Å². The van der Waals surface area contributed by atoms with Gasteiger partial charge in [-0.05, 0) is 53.5 Å². The summed E-state index contributed by atoms with van der Waals surface area (Å²) in [6, 6.07) is 10.5. The largest absolute Gasteiger partial charge is 0.340 e. The molecule has 0 spiro atoms. The number of benzene rings is 1. The van der Waals surface area contributed by atoms with Crippen LogP contribution in [-0.4, -0.2) is 40.8 Å². The van der Waals surface area contributed by atoms with E-state index in [9.17, 15) is 9.59 Å². The number of aromatic nitrogens is 1. The van der Waals surface area contributed by atoms with Crippen molar-refractivity contribution in [1.29, 1.82) is 0 Å². The molecular weight excluding hydrogens is 433 g/mol. The van der Waals surface area contributed by atoms with E-state index in [1.54, 1.807) is 12.1 Å². The van der Waals surface area contributed by atoms with Crippen LogP contribution in [0.25, 0.3) is 0 Å². The minimum atomic E-state index is -0.606. The topological polar surface area (TPSA) is 62.3 Å². The molecule has 3 rings (SSSR count). The highest BCUT2D eigenvalue weighted by Crippen LogP contribution is 2.42. The van der Waals surface area contributed by atoms with Crippen LogP contribution in [0, 0.1) is 11.3 Å². The second-order valence-electron chi connectivity index (χ2n) is 9.21. The molecule has 1 aromatic heterocycles. The maximum atomic E-state index is 13.4. The van der Waals surface area contributed by atoms with Gasteiger partial charge in [-0.1, -0.05) is 63.0 Å². The monoisotopic (exact) mass is 461 g/mol. The van der Waals surface area contributed by atoms with E-state index in [4.69, 9.17) is 23.2 Å². The molecule has 31 heavy (non-hydrogen) atoms. The summed E-state index contributed by atoms with van der Waals surface area (Å²) in [5.41, 5.74) is 1.52. The molecule has 1 N–H and O–H groups in total. The molecule has 5 nitrogen and oxygen atoms in total. The number of halogens is 2. The lowest BCUT2D eigenvalue weighted by molar-refractivity contribution is -0.137. The molecule has 2 amide bonds. The molecule has 0 saturated carbocycles. The summed E-state index contributed by atoms with van der Waals surface area (Å²) in [7, 11) is 0. The van der Waals surface area contributed by atoms with Crippen molar-refractivity contribution >= 4 is 35.0 Å². The second kappa shape index (κ2) is 9.58. The van der Waals surface area contributed by atoms with Crippen molar-refractivity contribution in [3.05, 3.63) is 63.9 Å². The number of nitrogens with one attached hydrogen (secondary N) is 1. The molecule has 1 aliphatic rings. The van der Waals surface area contributed by atoms with Crippen LogP contribution >= 0.6 is 23.2 Å². The lowest BCUT2D eigenvalue weighted by atomic mass is 9.70. The van der Waals surface area contributed by atoms with Gasteiger partial charge in [0, 0.05) is 24.3 Å². The van der Waals surface area contributed by atoms with Crippen molar-refractivity contribution in [3.8, 4) is 0 Å². The number of carbonyl (C=O) groups is 2. The van der Waals surface area contributed by atoms with E-state index in [1.807, 2.05) is 30.9 Å². The Morgan fingerprint density at radius 3 is 2.35 bits per heavy atom. The fraction of sp³-hybridized carbons (Fsp3) is 0.458. The summed E-state index contributed by atoms with van der Waals surface area (Å²) in [4.78, 5) is 31.9. The quantitative estimate of drug-likeness (QED) is 0.623. The maximum absolute atomic E-state index is 13.4. The van der Waals surface area contributed by atoms with E-state index in [1.165, 1.54) is 11.8 Å². The number of nitrogens with zero attached hydrogens (tertiary/aromatic N) is 2. The first-order valence-electron chi connectivity index (χ1n) is 10.5. The van der Waals surface area contributed by atoms with Gasteiger partial charge in [-0.2, -0.15) is 0 Å². The Morgan fingerprint density at radius 1 is 1.13 bits per heavy atom. The highest BCUT2D eigenvalue weighted by Gasteiger charge is 2.40. The van der Waals surface area contributed by atoms with Gasteiger partial charge in [-0.15, -0.1) is 0 Å². The smallest absolute Gasteiger partial charge is 0.253 e. The van der Waals surface area contributed by atoms with E-state index in [-0.39, 0.29) is 23.1 Å². The summed E-state index contributed by atoms with van der Waals surface area (Å²) in [5, 5.41) is 3.94. The zero-order chi connectivity index (χ0) is 22.8. The highest BCUT2D eigenvalue weighted by molar-refractivity contribution is 6.30. The van der Waals surface area contributed by atoms with Crippen LogP contribution in [0.2, 0.25) is 10.2 Å². The highest BCUT2D eigenvalue weighted by atomic mass is 35.5. The van der Waals surface area contributed by atoms with Crippen molar-refractivity contribution in [3.63, 3.8) is 0 Å². The van der Waals surface area contributed by atoms with Gasteiger partial charge in [0.05, 0.1) is 5.56 Å². The molecule has 0 aliphatic carbocycles. The van der Waals surface area contributed by atoms with Crippen molar-refractivity contribution in [1.82, 2.24) is 15.2 Å². The Balaban J connectivity index is 1.72. The third kappa shape index (κ3) is 5.58. The first-order chi connectivity index (χ1) is 14.6. The van der Waals surface area contributed by atoms with Gasteiger partial charge in [-0.3, -0.25) is 9.59 Å². The third-order valence-corrected chi connectivity index (χ3v) is 6.50. The van der Waals surface area contributed by atoms with E-state index in [0.717, 1.165) is 11.4 Å². The first kappa shape index (κ1) is 23.6. The Morgan fingerprint density at radius 2 is 1.81 bits per heavy atom. The van der Waals surface area contributed by atoms with Crippen LogP contribution in [0.1, 0.15) is 56.0 Å². The molecule has 7 heteroatoms. The van der Waals surface area contributed by atoms with Gasteiger partial charge < -0.3 is 10.2 Å². The number of carbonyl (C=O) groups excluding carboxylic acids is 2. The molecule has 1 aromatic carbocycles. The molecule has 166 valence electrons. The zero-order valence-corrected chi connectivity index (χ0v) is 19.9. The van der Waals surface area contributed by atoms with Crippen LogP contribution < -0.4 is 5.32 Å². The van der Waals surface area contributed by atoms with Crippen molar-refractivity contribution in [2.45, 2.75) is 46.1 Å². The summed E-state index contributed by atoms with van der Waals surface area (Å²) in [6.45, 7) is 9.53. The fourth-order valence-electron chi connectivity index (χ4n) is 4.30. The van der Waals surface area contributed by atoms with Gasteiger partial charge in [-0.25, -0.2) is 4.98 Å². The van der Waals surface area contributed by atoms with Crippen molar-refractivity contribution in [2.24, 2.45) is 11.3 Å². The van der Waals surface area contributed by atoms with Crippen LogP contribution in [0.4, 0.5) is 0 Å². The predicted molar refractivity (Wildman–Crippen MR) is 125 cm³/mol. The second-order valence-corrected chi connectivity index (χ2v) is 10.0. The molecule has 2 heterocycles. The Bertz CT molecular complexity index is 927. The lowest BCUT2D eigenvalue weighted by Crippen LogP contribution is -2.55. The van der Waals surface area contributed by atoms with Crippen LogP contribution in [0.5, 0.6) is 0 Å². The molecule has 2 aromatic rings. The molecule has 1 saturated heterocycles. The van der Waals surface area contributed by atoms with Crippen LogP contribution in [0.15, 0.2) is 42.6 Å². The Labute approximate surface area is 194 Å². The minimum absolute atomic E-state index is 0.0474. The molecule has 0 radical (unpaired) electrons. The number of hydrogen-bond donors (Lipinski definition) is 1. The first-order valence-corrected chi connectivity index (χ1v) is 11.3. The fourth-order valence-corrected chi connectivity index (χ4v) is 4.54. The molecule has 1 aliphatic heterocycles. The maximum Gasteiger partial charge on any atom is 0.253 e. The van der Waals surface area contributed by atoms with Gasteiger partial charge >= 0.3 is 0 Å². The van der Waals surface area contributed by atoms with Gasteiger partial charge in [0.1, 0.15) is 11.2 Å². The number of piperidine rings is 1. The molecule has 0 bridgehead atoms. The van der Waals surface area contributed by atoms with Crippen molar-refractivity contribution < 1.29 is 9.59 Å². The van der Waals surface area contributed by atoms with Crippen LogP contribution in [-0.2, 0) is 4.79 Å². The zero-order valence-electron chi connectivity index (χ0n) is 18.4. The van der Waals surface area contributed by atoms with Gasteiger partial charge in [0.2, 0.25) is 5.91 Å². The summed E-state index contributed by atoms with van der Waals surface area (Å²) < 4.78 is 0. The SMILES string of the molecule is CC(C)C(NC(=O)c1ccc(Cl)nc1)C(=O)N1CCC(c2ccc(Cl)cc2)C(C)(C)C1. The average molecular weight is 462 g/mol. The number of hydrogen-bond acceptors (Lipinski definition) is 3. The minimum Gasteiger partial charge on any atom is -0.340 e. The van der Waals surface area contributed by atoms with Gasteiger partial charge in [0.15, 0.2) is 0 Å². The van der Waals surface area contributed by atoms with E-state index in [2.05, 4.69) is 36.3 Å². The average Bonchev–Trinajstić information content (AvgIpc) is 2.72. The number of amides is 2. The molecule has 1 fully saturated rings. The van der Waals surface area contributed by atoms with E-state index in [0.29, 0.717) is 29.7 Å². The molecule has 2 unspecified atom stereocenters. The molecule has 2 atom stereocenters.